The Labute approximate surface area is 100 Å². The molecule has 0 unspecified atom stereocenters. The molecule has 5 heteroatoms. The van der Waals surface area contributed by atoms with Crippen molar-refractivity contribution >= 4 is 15.9 Å². The zero-order valence-electron chi connectivity index (χ0n) is 8.84. The highest BCUT2D eigenvalue weighted by Gasteiger charge is 2.17. The van der Waals surface area contributed by atoms with E-state index in [0.717, 1.165) is 0 Å². The van der Waals surface area contributed by atoms with Crippen molar-refractivity contribution in [1.82, 2.24) is 9.78 Å². The van der Waals surface area contributed by atoms with Crippen LogP contribution in [0, 0.1) is 12.7 Å². The molecule has 1 heterocycles. The lowest BCUT2D eigenvalue weighted by Crippen LogP contribution is -2.13. The Kier molecular flexibility index (Phi) is 2.71. The predicted molar refractivity (Wildman–Crippen MR) is 63.9 cm³/mol. The molecule has 0 aliphatic carbocycles. The Morgan fingerprint density at radius 2 is 2.06 bits per heavy atom. The van der Waals surface area contributed by atoms with Gasteiger partial charge in [0.2, 0.25) is 0 Å². The van der Waals surface area contributed by atoms with Crippen molar-refractivity contribution in [3.63, 3.8) is 0 Å². The molecular weight excluding hydrogens is 275 g/mol. The first-order valence-corrected chi connectivity index (χ1v) is 5.51. The van der Waals surface area contributed by atoms with Gasteiger partial charge in [-0.05, 0) is 19.1 Å². The number of halogens is 2. The van der Waals surface area contributed by atoms with Crippen LogP contribution in [-0.4, -0.2) is 9.78 Å². The number of hydrogen-bond donors (Lipinski definition) is 1. The monoisotopic (exact) mass is 284 g/mol. The summed E-state index contributed by atoms with van der Waals surface area (Å²) in [6, 6.07) is 4.64. The third kappa shape index (κ3) is 1.61. The van der Waals surface area contributed by atoms with E-state index in [1.165, 1.54) is 10.7 Å². The maximum absolute atomic E-state index is 13.7. The second-order valence-electron chi connectivity index (χ2n) is 3.57. The van der Waals surface area contributed by atoms with Crippen LogP contribution in [-0.2, 0) is 7.05 Å². The van der Waals surface area contributed by atoms with Gasteiger partial charge in [0.1, 0.15) is 5.82 Å². The summed E-state index contributed by atoms with van der Waals surface area (Å²) in [4.78, 5) is 11.8. The van der Waals surface area contributed by atoms with Gasteiger partial charge in [-0.1, -0.05) is 22.0 Å². The zero-order chi connectivity index (χ0) is 11.9. The second kappa shape index (κ2) is 3.90. The Bertz CT molecular complexity index is 580. The molecule has 16 heavy (non-hydrogen) atoms. The normalized spacial score (nSPS) is 10.8. The van der Waals surface area contributed by atoms with E-state index in [2.05, 4.69) is 21.0 Å². The van der Waals surface area contributed by atoms with Crippen LogP contribution in [0.1, 0.15) is 5.69 Å². The van der Waals surface area contributed by atoms with Crippen molar-refractivity contribution in [1.29, 1.82) is 0 Å². The lowest BCUT2D eigenvalue weighted by Gasteiger charge is -2.03. The van der Waals surface area contributed by atoms with E-state index in [1.54, 1.807) is 26.1 Å². The van der Waals surface area contributed by atoms with Gasteiger partial charge < -0.3 is 0 Å². The molecule has 0 radical (unpaired) electrons. The maximum Gasteiger partial charge on any atom is 0.274 e. The van der Waals surface area contributed by atoms with Crippen molar-refractivity contribution < 1.29 is 4.39 Å². The lowest BCUT2D eigenvalue weighted by molar-refractivity contribution is 0.630. The predicted octanol–water partition coefficient (Wildman–Crippen LogP) is 2.59. The number of H-pyrrole nitrogens is 1. The average molecular weight is 285 g/mol. The molecular formula is C11H10BrFN2O. The van der Waals surface area contributed by atoms with Gasteiger partial charge in [-0.25, -0.2) is 4.39 Å². The molecule has 2 aromatic rings. The van der Waals surface area contributed by atoms with Gasteiger partial charge in [-0.2, -0.15) is 0 Å². The number of benzene rings is 1. The van der Waals surface area contributed by atoms with Crippen molar-refractivity contribution in [3.8, 4) is 11.1 Å². The standard InChI is InChI=1S/C11H10BrFN2O/c1-6-9(11(16)15(2)14-6)10-7(12)4-3-5-8(10)13/h3-5,14H,1-2H3. The molecule has 0 amide bonds. The van der Waals surface area contributed by atoms with E-state index in [1.807, 2.05) is 0 Å². The molecule has 3 nitrogen and oxygen atoms in total. The minimum absolute atomic E-state index is 0.233. The minimum atomic E-state index is -0.408. The fourth-order valence-electron chi connectivity index (χ4n) is 1.72. The molecule has 2 rings (SSSR count). The molecule has 0 spiro atoms. The smallest absolute Gasteiger partial charge is 0.274 e. The van der Waals surface area contributed by atoms with E-state index in [4.69, 9.17) is 0 Å². The quantitative estimate of drug-likeness (QED) is 0.859. The Morgan fingerprint density at radius 3 is 2.56 bits per heavy atom. The van der Waals surface area contributed by atoms with E-state index in [-0.39, 0.29) is 5.56 Å². The van der Waals surface area contributed by atoms with E-state index in [9.17, 15) is 9.18 Å². The number of aromatic nitrogens is 2. The molecule has 1 N–H and O–H groups in total. The molecule has 0 bridgehead atoms. The molecule has 0 atom stereocenters. The fourth-order valence-corrected chi connectivity index (χ4v) is 2.26. The van der Waals surface area contributed by atoms with Crippen LogP contribution in [0.25, 0.3) is 11.1 Å². The highest BCUT2D eigenvalue weighted by Crippen LogP contribution is 2.30. The van der Waals surface area contributed by atoms with Gasteiger partial charge in [0.05, 0.1) is 5.56 Å². The summed E-state index contributed by atoms with van der Waals surface area (Å²) in [5.41, 5.74) is 1.09. The van der Waals surface area contributed by atoms with Crippen LogP contribution < -0.4 is 5.56 Å². The Hall–Kier alpha value is -1.36. The average Bonchev–Trinajstić information content (AvgIpc) is 2.44. The number of hydrogen-bond acceptors (Lipinski definition) is 1. The fraction of sp³-hybridized carbons (Fsp3) is 0.182. The molecule has 0 saturated heterocycles. The van der Waals surface area contributed by atoms with Crippen LogP contribution in [0.4, 0.5) is 4.39 Å². The summed E-state index contributed by atoms with van der Waals surface area (Å²) >= 11 is 3.26. The SMILES string of the molecule is Cc1[nH]n(C)c(=O)c1-c1c(F)cccc1Br. The van der Waals surface area contributed by atoms with Crippen LogP contribution in [0.2, 0.25) is 0 Å². The van der Waals surface area contributed by atoms with Crippen molar-refractivity contribution in [2.75, 3.05) is 0 Å². The first kappa shape index (κ1) is 11.1. The third-order valence-electron chi connectivity index (χ3n) is 2.44. The van der Waals surface area contributed by atoms with Gasteiger partial charge in [0, 0.05) is 22.8 Å². The summed E-state index contributed by atoms with van der Waals surface area (Å²) in [7, 11) is 1.60. The number of aryl methyl sites for hydroxylation is 2. The number of nitrogens with zero attached hydrogens (tertiary/aromatic N) is 1. The van der Waals surface area contributed by atoms with Gasteiger partial charge in [-0.15, -0.1) is 0 Å². The lowest BCUT2D eigenvalue weighted by atomic mass is 10.1. The van der Waals surface area contributed by atoms with Crippen LogP contribution in [0.3, 0.4) is 0 Å². The van der Waals surface area contributed by atoms with Crippen LogP contribution in [0.5, 0.6) is 0 Å². The Balaban J connectivity index is 2.82. The summed E-state index contributed by atoms with van der Waals surface area (Å²) in [5, 5.41) is 2.85. The third-order valence-corrected chi connectivity index (χ3v) is 3.10. The molecule has 0 aliphatic rings. The van der Waals surface area contributed by atoms with Gasteiger partial charge in [-0.3, -0.25) is 14.6 Å². The van der Waals surface area contributed by atoms with Gasteiger partial charge in [0.25, 0.3) is 5.56 Å². The van der Waals surface area contributed by atoms with E-state index < -0.39 is 5.82 Å². The molecule has 0 saturated carbocycles. The topological polar surface area (TPSA) is 37.8 Å². The zero-order valence-corrected chi connectivity index (χ0v) is 10.4. The summed E-state index contributed by atoms with van der Waals surface area (Å²) in [6.45, 7) is 1.75. The van der Waals surface area contributed by atoms with Gasteiger partial charge >= 0.3 is 0 Å². The number of rotatable bonds is 1. The van der Waals surface area contributed by atoms with Crippen molar-refractivity contribution in [2.24, 2.45) is 7.05 Å². The summed E-state index contributed by atoms with van der Waals surface area (Å²) in [6.07, 6.45) is 0. The minimum Gasteiger partial charge on any atom is -0.300 e. The summed E-state index contributed by atoms with van der Waals surface area (Å²) in [5.74, 6) is -0.408. The van der Waals surface area contributed by atoms with E-state index in [0.29, 0.717) is 21.3 Å². The second-order valence-corrected chi connectivity index (χ2v) is 4.43. The summed E-state index contributed by atoms with van der Waals surface area (Å²) < 4.78 is 15.6. The first-order valence-electron chi connectivity index (χ1n) is 4.72. The number of aromatic amines is 1. The molecule has 1 aromatic carbocycles. The highest BCUT2D eigenvalue weighted by atomic mass is 79.9. The largest absolute Gasteiger partial charge is 0.300 e. The molecule has 1 aromatic heterocycles. The van der Waals surface area contributed by atoms with Crippen LogP contribution in [0.15, 0.2) is 27.5 Å². The van der Waals surface area contributed by atoms with Gasteiger partial charge in [0.15, 0.2) is 0 Å². The maximum atomic E-state index is 13.7. The number of nitrogens with one attached hydrogen (secondary N) is 1. The van der Waals surface area contributed by atoms with Crippen LogP contribution >= 0.6 is 15.9 Å². The molecule has 0 aliphatic heterocycles. The first-order chi connectivity index (χ1) is 7.52. The highest BCUT2D eigenvalue weighted by molar-refractivity contribution is 9.10. The molecule has 0 fully saturated rings. The Morgan fingerprint density at radius 1 is 1.38 bits per heavy atom. The van der Waals surface area contributed by atoms with Crippen molar-refractivity contribution in [2.45, 2.75) is 6.92 Å². The molecule has 84 valence electrons. The van der Waals surface area contributed by atoms with Crippen molar-refractivity contribution in [3.05, 3.63) is 44.5 Å². The van der Waals surface area contributed by atoms with E-state index >= 15 is 0 Å².